The number of carbonyl (C=O) groups is 1. The number of amides is 1. The van der Waals surface area contributed by atoms with Gasteiger partial charge in [-0.25, -0.2) is 0 Å². The van der Waals surface area contributed by atoms with Crippen LogP contribution in [0.25, 0.3) is 0 Å². The van der Waals surface area contributed by atoms with E-state index in [1.807, 2.05) is 43.3 Å². The molecule has 2 aromatic heterocycles. The minimum Gasteiger partial charge on any atom is -0.467 e. The SMILES string of the molecule is Cc1csc(=O)n1CCC(=O)NC(c1ccccc1)c1ccco1. The van der Waals surface area contributed by atoms with Gasteiger partial charge in [-0.1, -0.05) is 41.7 Å². The molecule has 0 aliphatic heterocycles. The normalized spacial score (nSPS) is 12.0. The number of hydrogen-bond acceptors (Lipinski definition) is 4. The van der Waals surface area contributed by atoms with Gasteiger partial charge in [0.1, 0.15) is 11.8 Å². The van der Waals surface area contributed by atoms with Gasteiger partial charge in [0.25, 0.3) is 0 Å². The molecule has 24 heavy (non-hydrogen) atoms. The van der Waals surface area contributed by atoms with Gasteiger partial charge in [0, 0.05) is 24.0 Å². The van der Waals surface area contributed by atoms with E-state index < -0.39 is 0 Å². The Morgan fingerprint density at radius 3 is 2.67 bits per heavy atom. The molecule has 3 aromatic rings. The number of furan rings is 1. The van der Waals surface area contributed by atoms with Crippen LogP contribution in [0.15, 0.2) is 63.3 Å². The molecule has 0 radical (unpaired) electrons. The summed E-state index contributed by atoms with van der Waals surface area (Å²) in [4.78, 5) is 24.1. The van der Waals surface area contributed by atoms with Gasteiger partial charge in [-0.05, 0) is 24.6 Å². The molecule has 6 heteroatoms. The zero-order valence-corrected chi connectivity index (χ0v) is 14.1. The van der Waals surface area contributed by atoms with E-state index in [-0.39, 0.29) is 23.2 Å². The van der Waals surface area contributed by atoms with Crippen molar-refractivity contribution in [2.24, 2.45) is 0 Å². The Balaban J connectivity index is 1.71. The highest BCUT2D eigenvalue weighted by atomic mass is 32.1. The minimum atomic E-state index is -0.339. The van der Waals surface area contributed by atoms with Crippen molar-refractivity contribution >= 4 is 17.2 Å². The van der Waals surface area contributed by atoms with Crippen molar-refractivity contribution in [3.05, 3.63) is 80.8 Å². The topological polar surface area (TPSA) is 64.2 Å². The van der Waals surface area contributed by atoms with Crippen molar-refractivity contribution < 1.29 is 9.21 Å². The Morgan fingerprint density at radius 2 is 2.04 bits per heavy atom. The molecule has 0 spiro atoms. The Bertz CT molecular complexity index is 850. The molecule has 0 saturated heterocycles. The lowest BCUT2D eigenvalue weighted by Crippen LogP contribution is -2.30. The molecule has 5 nitrogen and oxygen atoms in total. The standard InChI is InChI=1S/C18H18N2O3S/c1-13-12-24-18(22)20(13)10-9-16(21)19-17(15-8-5-11-23-15)14-6-3-2-4-7-14/h2-8,11-12,17H,9-10H2,1H3,(H,19,21). The lowest BCUT2D eigenvalue weighted by atomic mass is 10.0. The number of thiazole rings is 1. The molecule has 0 saturated carbocycles. The summed E-state index contributed by atoms with van der Waals surface area (Å²) in [5, 5.41) is 4.79. The Kier molecular flexibility index (Phi) is 4.96. The molecule has 0 aliphatic rings. The molecule has 124 valence electrons. The molecule has 1 aromatic carbocycles. The van der Waals surface area contributed by atoms with E-state index >= 15 is 0 Å². The summed E-state index contributed by atoms with van der Waals surface area (Å²) >= 11 is 1.15. The second-order valence-corrected chi connectivity index (χ2v) is 6.29. The highest BCUT2D eigenvalue weighted by molar-refractivity contribution is 7.07. The fourth-order valence-electron chi connectivity index (χ4n) is 2.54. The molecule has 0 bridgehead atoms. The molecule has 1 atom stereocenters. The summed E-state index contributed by atoms with van der Waals surface area (Å²) in [5.41, 5.74) is 1.83. The van der Waals surface area contributed by atoms with Crippen molar-refractivity contribution in [2.75, 3.05) is 0 Å². The Labute approximate surface area is 143 Å². The van der Waals surface area contributed by atoms with Gasteiger partial charge >= 0.3 is 4.87 Å². The van der Waals surface area contributed by atoms with Crippen molar-refractivity contribution in [2.45, 2.75) is 25.9 Å². The molecular weight excluding hydrogens is 324 g/mol. The van der Waals surface area contributed by atoms with Crippen molar-refractivity contribution in [3.8, 4) is 0 Å². The zero-order chi connectivity index (χ0) is 16.9. The summed E-state index contributed by atoms with van der Waals surface area (Å²) in [6.07, 6.45) is 1.83. The summed E-state index contributed by atoms with van der Waals surface area (Å²) in [6.45, 7) is 2.24. The maximum Gasteiger partial charge on any atom is 0.307 e. The van der Waals surface area contributed by atoms with Crippen LogP contribution in [0.3, 0.4) is 0 Å². The number of hydrogen-bond donors (Lipinski definition) is 1. The first-order valence-corrected chi connectivity index (χ1v) is 8.56. The monoisotopic (exact) mass is 342 g/mol. The molecule has 3 rings (SSSR count). The lowest BCUT2D eigenvalue weighted by Gasteiger charge is -2.17. The van der Waals surface area contributed by atoms with Crippen LogP contribution in [0.1, 0.15) is 29.5 Å². The number of nitrogens with zero attached hydrogens (tertiary/aromatic N) is 1. The number of aryl methyl sites for hydroxylation is 1. The average molecular weight is 342 g/mol. The maximum atomic E-state index is 12.4. The van der Waals surface area contributed by atoms with Crippen LogP contribution in [0.5, 0.6) is 0 Å². The molecule has 0 fully saturated rings. The fraction of sp³-hybridized carbons (Fsp3) is 0.222. The predicted octanol–water partition coefficient (Wildman–Crippen LogP) is 3.11. The molecule has 0 aliphatic carbocycles. The van der Waals surface area contributed by atoms with Gasteiger partial charge in [-0.15, -0.1) is 0 Å². The summed E-state index contributed by atoms with van der Waals surface area (Å²) in [6, 6.07) is 13.0. The number of benzene rings is 1. The van der Waals surface area contributed by atoms with Crippen LogP contribution in [0.4, 0.5) is 0 Å². The number of carbonyl (C=O) groups excluding carboxylic acids is 1. The average Bonchev–Trinajstić information content (AvgIpc) is 3.23. The van der Waals surface area contributed by atoms with Gasteiger partial charge in [0.2, 0.25) is 5.91 Å². The van der Waals surface area contributed by atoms with Gasteiger partial charge in [-0.2, -0.15) is 0 Å². The summed E-state index contributed by atoms with van der Waals surface area (Å²) in [5.74, 6) is 0.552. The fourth-order valence-corrected chi connectivity index (χ4v) is 3.30. The van der Waals surface area contributed by atoms with E-state index in [4.69, 9.17) is 4.42 Å². The van der Waals surface area contributed by atoms with Gasteiger partial charge in [0.15, 0.2) is 0 Å². The first-order valence-electron chi connectivity index (χ1n) is 7.68. The van der Waals surface area contributed by atoms with Crippen LogP contribution in [0, 0.1) is 6.92 Å². The van der Waals surface area contributed by atoms with Gasteiger partial charge in [0.05, 0.1) is 6.26 Å². The molecule has 1 unspecified atom stereocenters. The van der Waals surface area contributed by atoms with Crippen LogP contribution in [-0.4, -0.2) is 10.5 Å². The highest BCUT2D eigenvalue weighted by Crippen LogP contribution is 2.22. The van der Waals surface area contributed by atoms with Crippen LogP contribution in [0.2, 0.25) is 0 Å². The van der Waals surface area contributed by atoms with Gasteiger partial charge in [-0.3, -0.25) is 9.59 Å². The van der Waals surface area contributed by atoms with E-state index in [1.165, 1.54) is 0 Å². The van der Waals surface area contributed by atoms with Crippen LogP contribution in [-0.2, 0) is 11.3 Å². The zero-order valence-electron chi connectivity index (χ0n) is 13.3. The smallest absolute Gasteiger partial charge is 0.307 e. The van der Waals surface area contributed by atoms with E-state index in [0.29, 0.717) is 12.3 Å². The summed E-state index contributed by atoms with van der Waals surface area (Å²) in [7, 11) is 0. The molecule has 1 N–H and O–H groups in total. The van der Waals surface area contributed by atoms with Crippen molar-refractivity contribution in [1.29, 1.82) is 0 Å². The van der Waals surface area contributed by atoms with E-state index in [9.17, 15) is 9.59 Å². The second kappa shape index (κ2) is 7.31. The number of nitrogens with one attached hydrogen (secondary N) is 1. The Hall–Kier alpha value is -2.60. The van der Waals surface area contributed by atoms with E-state index in [2.05, 4.69) is 5.32 Å². The number of aromatic nitrogens is 1. The number of rotatable bonds is 6. The Morgan fingerprint density at radius 1 is 1.25 bits per heavy atom. The highest BCUT2D eigenvalue weighted by Gasteiger charge is 2.19. The van der Waals surface area contributed by atoms with Crippen LogP contribution < -0.4 is 10.2 Å². The molecule has 2 heterocycles. The third-order valence-electron chi connectivity index (χ3n) is 3.80. The quantitative estimate of drug-likeness (QED) is 0.749. The van der Waals surface area contributed by atoms with Crippen LogP contribution >= 0.6 is 11.3 Å². The van der Waals surface area contributed by atoms with E-state index in [1.54, 1.807) is 22.3 Å². The third kappa shape index (κ3) is 3.65. The summed E-state index contributed by atoms with van der Waals surface area (Å²) < 4.78 is 7.09. The minimum absolute atomic E-state index is 0.0362. The van der Waals surface area contributed by atoms with E-state index in [0.717, 1.165) is 22.6 Å². The van der Waals surface area contributed by atoms with Crippen molar-refractivity contribution in [3.63, 3.8) is 0 Å². The second-order valence-electron chi connectivity index (χ2n) is 5.47. The third-order valence-corrected chi connectivity index (χ3v) is 4.69. The maximum absolute atomic E-state index is 12.4. The molecule has 1 amide bonds. The van der Waals surface area contributed by atoms with Gasteiger partial charge < -0.3 is 14.3 Å². The first kappa shape index (κ1) is 16.3. The predicted molar refractivity (Wildman–Crippen MR) is 93.1 cm³/mol. The van der Waals surface area contributed by atoms with Crippen molar-refractivity contribution in [1.82, 2.24) is 9.88 Å². The lowest BCUT2D eigenvalue weighted by molar-refractivity contribution is -0.121. The largest absolute Gasteiger partial charge is 0.467 e. The molecular formula is C18H18N2O3S. The first-order chi connectivity index (χ1) is 11.6.